The summed E-state index contributed by atoms with van der Waals surface area (Å²) in [6, 6.07) is 13.5. The minimum Gasteiger partial charge on any atom is -0.352 e. The van der Waals surface area contributed by atoms with Crippen LogP contribution in [0.5, 0.6) is 0 Å². The molecule has 0 aromatic heterocycles. The van der Waals surface area contributed by atoms with Crippen LogP contribution in [0.25, 0.3) is 0 Å². The number of hydrogen-bond acceptors (Lipinski definition) is 3. The van der Waals surface area contributed by atoms with Crippen LogP contribution in [0.2, 0.25) is 0 Å². The summed E-state index contributed by atoms with van der Waals surface area (Å²) in [6.07, 6.45) is 1.00. The SMILES string of the molecule is Cc1ccc(CS(=O)(=O)N2CCC(C(=O)NCc3ccc(F)cc3)CC2)cc1. The summed E-state index contributed by atoms with van der Waals surface area (Å²) in [5.74, 6) is -0.616. The summed E-state index contributed by atoms with van der Waals surface area (Å²) in [6.45, 7) is 3.00. The van der Waals surface area contributed by atoms with E-state index in [9.17, 15) is 17.6 Å². The zero-order chi connectivity index (χ0) is 20.1. The predicted molar refractivity (Wildman–Crippen MR) is 106 cm³/mol. The number of sulfonamides is 1. The summed E-state index contributed by atoms with van der Waals surface area (Å²) in [7, 11) is -3.39. The Morgan fingerprint density at radius 3 is 2.21 bits per heavy atom. The molecule has 1 aliphatic rings. The number of carbonyl (C=O) groups is 1. The predicted octanol–water partition coefficient (Wildman–Crippen LogP) is 2.99. The Bertz CT molecular complexity index is 904. The van der Waals surface area contributed by atoms with Crippen molar-refractivity contribution in [2.24, 2.45) is 5.92 Å². The summed E-state index contributed by atoms with van der Waals surface area (Å²) in [5, 5.41) is 2.86. The van der Waals surface area contributed by atoms with Gasteiger partial charge in [0.25, 0.3) is 0 Å². The van der Waals surface area contributed by atoms with Gasteiger partial charge < -0.3 is 5.32 Å². The fourth-order valence-electron chi connectivity index (χ4n) is 3.32. The molecule has 1 aliphatic heterocycles. The average molecular weight is 405 g/mol. The number of rotatable bonds is 6. The van der Waals surface area contributed by atoms with Crippen LogP contribution in [0.15, 0.2) is 48.5 Å². The molecule has 0 atom stereocenters. The number of aryl methyl sites for hydroxylation is 1. The molecule has 0 spiro atoms. The van der Waals surface area contributed by atoms with Gasteiger partial charge in [-0.3, -0.25) is 4.79 Å². The molecule has 0 unspecified atom stereocenters. The number of halogens is 1. The lowest BCUT2D eigenvalue weighted by Gasteiger charge is -2.30. The quantitative estimate of drug-likeness (QED) is 0.805. The number of hydrogen-bond donors (Lipinski definition) is 1. The molecule has 0 saturated carbocycles. The van der Waals surface area contributed by atoms with Crippen molar-refractivity contribution in [3.8, 4) is 0 Å². The van der Waals surface area contributed by atoms with Gasteiger partial charge in [-0.15, -0.1) is 0 Å². The first-order valence-electron chi connectivity index (χ1n) is 9.39. The zero-order valence-electron chi connectivity index (χ0n) is 15.9. The molecule has 0 bridgehead atoms. The van der Waals surface area contributed by atoms with E-state index in [1.165, 1.54) is 16.4 Å². The van der Waals surface area contributed by atoms with Crippen molar-refractivity contribution in [1.82, 2.24) is 9.62 Å². The molecule has 1 fully saturated rings. The fraction of sp³-hybridized carbons (Fsp3) is 0.381. The first kappa shape index (κ1) is 20.5. The molecule has 2 aromatic carbocycles. The Morgan fingerprint density at radius 1 is 1.04 bits per heavy atom. The molecule has 3 rings (SSSR count). The molecule has 1 saturated heterocycles. The molecule has 1 amide bonds. The molecular weight excluding hydrogens is 379 g/mol. The van der Waals surface area contributed by atoms with E-state index in [0.717, 1.165) is 16.7 Å². The second-order valence-corrected chi connectivity index (χ2v) is 9.23. The number of amides is 1. The van der Waals surface area contributed by atoms with Crippen molar-refractivity contribution in [2.45, 2.75) is 32.1 Å². The van der Waals surface area contributed by atoms with Crippen LogP contribution < -0.4 is 5.32 Å². The van der Waals surface area contributed by atoms with Gasteiger partial charge in [-0.05, 0) is 43.0 Å². The van der Waals surface area contributed by atoms with E-state index in [2.05, 4.69) is 5.32 Å². The van der Waals surface area contributed by atoms with E-state index in [1.54, 1.807) is 12.1 Å². The Kier molecular flexibility index (Phi) is 6.46. The molecule has 0 radical (unpaired) electrons. The highest BCUT2D eigenvalue weighted by Crippen LogP contribution is 2.22. The minimum absolute atomic E-state index is 0.0191. The van der Waals surface area contributed by atoms with Crippen LogP contribution >= 0.6 is 0 Å². The summed E-state index contributed by atoms with van der Waals surface area (Å²) in [4.78, 5) is 12.4. The number of nitrogens with one attached hydrogen (secondary N) is 1. The molecule has 1 N–H and O–H groups in total. The van der Waals surface area contributed by atoms with Gasteiger partial charge in [0, 0.05) is 25.6 Å². The van der Waals surface area contributed by atoms with Gasteiger partial charge in [0.05, 0.1) is 5.75 Å². The normalized spacial score (nSPS) is 16.1. The molecular formula is C21H25FN2O3S. The number of nitrogens with zero attached hydrogens (tertiary/aromatic N) is 1. The summed E-state index contributed by atoms with van der Waals surface area (Å²) >= 11 is 0. The maximum absolute atomic E-state index is 12.9. The molecule has 2 aromatic rings. The van der Waals surface area contributed by atoms with Gasteiger partial charge in [-0.2, -0.15) is 0 Å². The van der Waals surface area contributed by atoms with Crippen molar-refractivity contribution < 1.29 is 17.6 Å². The van der Waals surface area contributed by atoms with E-state index in [-0.39, 0.29) is 23.4 Å². The fourth-order valence-corrected chi connectivity index (χ4v) is 4.88. The van der Waals surface area contributed by atoms with Crippen LogP contribution in [0, 0.1) is 18.7 Å². The lowest BCUT2D eigenvalue weighted by molar-refractivity contribution is -0.126. The summed E-state index contributed by atoms with van der Waals surface area (Å²) in [5.41, 5.74) is 2.69. The van der Waals surface area contributed by atoms with Crippen LogP contribution in [0.4, 0.5) is 4.39 Å². The van der Waals surface area contributed by atoms with E-state index < -0.39 is 10.0 Å². The second kappa shape index (κ2) is 8.84. The van der Waals surface area contributed by atoms with E-state index >= 15 is 0 Å². The maximum Gasteiger partial charge on any atom is 0.223 e. The highest BCUT2D eigenvalue weighted by Gasteiger charge is 2.31. The monoisotopic (exact) mass is 404 g/mol. The minimum atomic E-state index is -3.39. The second-order valence-electron chi connectivity index (χ2n) is 7.26. The molecule has 0 aliphatic carbocycles. The lowest BCUT2D eigenvalue weighted by atomic mass is 9.97. The van der Waals surface area contributed by atoms with Crippen LogP contribution in [-0.4, -0.2) is 31.7 Å². The number of carbonyl (C=O) groups excluding carboxylic acids is 1. The van der Waals surface area contributed by atoms with E-state index in [1.807, 2.05) is 31.2 Å². The summed E-state index contributed by atoms with van der Waals surface area (Å²) < 4.78 is 39.7. The van der Waals surface area contributed by atoms with Crippen molar-refractivity contribution in [1.29, 1.82) is 0 Å². The Balaban J connectivity index is 1.49. The Morgan fingerprint density at radius 2 is 1.61 bits per heavy atom. The van der Waals surface area contributed by atoms with Crippen LogP contribution in [0.3, 0.4) is 0 Å². The third kappa shape index (κ3) is 5.39. The lowest BCUT2D eigenvalue weighted by Crippen LogP contribution is -2.43. The van der Waals surface area contributed by atoms with Crippen LogP contribution in [-0.2, 0) is 27.1 Å². The van der Waals surface area contributed by atoms with Crippen molar-refractivity contribution in [3.05, 3.63) is 71.0 Å². The van der Waals surface area contributed by atoms with Crippen molar-refractivity contribution >= 4 is 15.9 Å². The highest BCUT2D eigenvalue weighted by molar-refractivity contribution is 7.88. The van der Waals surface area contributed by atoms with Gasteiger partial charge in [0.1, 0.15) is 5.82 Å². The van der Waals surface area contributed by atoms with Gasteiger partial charge in [-0.25, -0.2) is 17.1 Å². The highest BCUT2D eigenvalue weighted by atomic mass is 32.2. The van der Waals surface area contributed by atoms with Gasteiger partial charge in [0.15, 0.2) is 0 Å². The Labute approximate surface area is 165 Å². The first-order valence-corrected chi connectivity index (χ1v) is 11.0. The molecule has 7 heteroatoms. The standard InChI is InChI=1S/C21H25FN2O3S/c1-16-2-4-18(5-3-16)15-28(26,27)24-12-10-19(11-13-24)21(25)23-14-17-6-8-20(22)9-7-17/h2-9,19H,10-15H2,1H3,(H,23,25). The van der Waals surface area contributed by atoms with Gasteiger partial charge in [-0.1, -0.05) is 42.0 Å². The third-order valence-electron chi connectivity index (χ3n) is 5.07. The van der Waals surface area contributed by atoms with Crippen LogP contribution in [0.1, 0.15) is 29.5 Å². The van der Waals surface area contributed by atoms with Gasteiger partial charge >= 0.3 is 0 Å². The Hall–Kier alpha value is -2.25. The maximum atomic E-state index is 12.9. The largest absolute Gasteiger partial charge is 0.352 e. The zero-order valence-corrected chi connectivity index (χ0v) is 16.7. The van der Waals surface area contributed by atoms with Crippen molar-refractivity contribution in [3.63, 3.8) is 0 Å². The molecule has 1 heterocycles. The number of piperidine rings is 1. The molecule has 28 heavy (non-hydrogen) atoms. The van der Waals surface area contributed by atoms with E-state index in [4.69, 9.17) is 0 Å². The molecule has 150 valence electrons. The van der Waals surface area contributed by atoms with E-state index in [0.29, 0.717) is 32.5 Å². The third-order valence-corrected chi connectivity index (χ3v) is 6.92. The average Bonchev–Trinajstić information content (AvgIpc) is 2.69. The smallest absolute Gasteiger partial charge is 0.223 e. The van der Waals surface area contributed by atoms with Crippen molar-refractivity contribution in [2.75, 3.05) is 13.1 Å². The van der Waals surface area contributed by atoms with Gasteiger partial charge in [0.2, 0.25) is 15.9 Å². The molecule has 5 nitrogen and oxygen atoms in total. The number of benzene rings is 2. The first-order chi connectivity index (χ1) is 13.3. The topological polar surface area (TPSA) is 66.5 Å².